The maximum atomic E-state index is 9.92. The predicted octanol–water partition coefficient (Wildman–Crippen LogP) is 1.72. The quantitative estimate of drug-likeness (QED) is 0.586. The first-order valence-electron chi connectivity index (χ1n) is 4.49. The van der Waals surface area contributed by atoms with Crippen molar-refractivity contribution in [3.05, 3.63) is 28.8 Å². The van der Waals surface area contributed by atoms with Crippen LogP contribution in [0.15, 0.2) is 12.1 Å². The Bertz CT molecular complexity index is 308. The molecule has 0 unspecified atom stereocenters. The summed E-state index contributed by atoms with van der Waals surface area (Å²) in [5.74, 6) is 0.338. The Kier molecular flexibility index (Phi) is 3.51. The van der Waals surface area contributed by atoms with E-state index >= 15 is 0 Å². The van der Waals surface area contributed by atoms with Crippen LogP contribution in [0.25, 0.3) is 0 Å². The van der Waals surface area contributed by atoms with Gasteiger partial charge in [-0.1, -0.05) is 12.1 Å². The summed E-state index contributed by atoms with van der Waals surface area (Å²) in [5, 5.41) is 9.51. The van der Waals surface area contributed by atoms with E-state index in [0.717, 1.165) is 16.7 Å². The molecule has 14 heavy (non-hydrogen) atoms. The van der Waals surface area contributed by atoms with Gasteiger partial charge in [0.25, 0.3) is 6.47 Å². The molecule has 0 aliphatic heterocycles. The van der Waals surface area contributed by atoms with Crippen LogP contribution >= 0.6 is 0 Å². The van der Waals surface area contributed by atoms with E-state index in [1.807, 2.05) is 26.0 Å². The van der Waals surface area contributed by atoms with Gasteiger partial charge in [-0.2, -0.15) is 0 Å². The summed E-state index contributed by atoms with van der Waals surface area (Å²) >= 11 is 0. The first-order valence-corrected chi connectivity index (χ1v) is 4.49. The van der Waals surface area contributed by atoms with Crippen molar-refractivity contribution in [3.8, 4) is 5.75 Å². The zero-order valence-corrected chi connectivity index (χ0v) is 8.41. The monoisotopic (exact) mass is 194 g/mol. The Labute approximate surface area is 83.3 Å². The molecule has 0 aliphatic carbocycles. The lowest BCUT2D eigenvalue weighted by Crippen LogP contribution is -1.97. The maximum absolute atomic E-state index is 9.92. The summed E-state index contributed by atoms with van der Waals surface area (Å²) in [6.45, 7) is 4.53. The van der Waals surface area contributed by atoms with Crippen LogP contribution in [0, 0.1) is 13.8 Å². The van der Waals surface area contributed by atoms with Crippen LogP contribution in [0.3, 0.4) is 0 Å². The molecule has 76 valence electrons. The molecule has 3 heteroatoms. The summed E-state index contributed by atoms with van der Waals surface area (Å²) < 4.78 is 4.60. The molecule has 0 heterocycles. The summed E-state index contributed by atoms with van der Waals surface area (Å²) in [4.78, 5) is 9.92. The van der Waals surface area contributed by atoms with Crippen LogP contribution in [0.4, 0.5) is 0 Å². The highest BCUT2D eigenvalue weighted by Gasteiger charge is 2.02. The lowest BCUT2D eigenvalue weighted by atomic mass is 10.0. The van der Waals surface area contributed by atoms with E-state index < -0.39 is 0 Å². The fraction of sp³-hybridized carbons (Fsp3) is 0.364. The van der Waals surface area contributed by atoms with Gasteiger partial charge in [0.2, 0.25) is 0 Å². The first kappa shape index (κ1) is 10.6. The van der Waals surface area contributed by atoms with Gasteiger partial charge in [-0.3, -0.25) is 4.79 Å². The minimum atomic E-state index is 0.338. The number of aromatic hydroxyl groups is 1. The molecule has 0 amide bonds. The summed E-state index contributed by atoms with van der Waals surface area (Å²) in [5.41, 5.74) is 2.77. The average Bonchev–Trinajstić information content (AvgIpc) is 2.14. The zero-order valence-electron chi connectivity index (χ0n) is 8.41. The van der Waals surface area contributed by atoms with E-state index in [-0.39, 0.29) is 0 Å². The van der Waals surface area contributed by atoms with E-state index in [4.69, 9.17) is 0 Å². The molecule has 1 aromatic rings. The van der Waals surface area contributed by atoms with Gasteiger partial charge < -0.3 is 9.84 Å². The summed E-state index contributed by atoms with van der Waals surface area (Å²) in [6.07, 6.45) is 0.681. The third-order valence-corrected chi connectivity index (χ3v) is 2.13. The van der Waals surface area contributed by atoms with Crippen LogP contribution in [-0.4, -0.2) is 18.2 Å². The van der Waals surface area contributed by atoms with Crippen LogP contribution in [0.5, 0.6) is 5.75 Å². The van der Waals surface area contributed by atoms with E-state index in [9.17, 15) is 9.90 Å². The Morgan fingerprint density at radius 3 is 2.43 bits per heavy atom. The van der Waals surface area contributed by atoms with Crippen LogP contribution < -0.4 is 0 Å². The van der Waals surface area contributed by atoms with Crippen molar-refractivity contribution in [2.75, 3.05) is 6.61 Å². The highest BCUT2D eigenvalue weighted by molar-refractivity contribution is 5.42. The molecule has 0 fully saturated rings. The Hall–Kier alpha value is -1.51. The lowest BCUT2D eigenvalue weighted by Gasteiger charge is -2.07. The number of carbonyl (C=O) groups excluding carboxylic acids is 1. The molecule has 0 atom stereocenters. The van der Waals surface area contributed by atoms with Gasteiger partial charge in [-0.15, -0.1) is 0 Å². The third-order valence-electron chi connectivity index (χ3n) is 2.13. The lowest BCUT2D eigenvalue weighted by molar-refractivity contribution is -0.128. The fourth-order valence-corrected chi connectivity index (χ4v) is 1.41. The van der Waals surface area contributed by atoms with E-state index in [1.54, 1.807) is 0 Å². The van der Waals surface area contributed by atoms with Crippen molar-refractivity contribution in [3.63, 3.8) is 0 Å². The average molecular weight is 194 g/mol. The number of rotatable bonds is 4. The van der Waals surface area contributed by atoms with Gasteiger partial charge in [0.1, 0.15) is 5.75 Å². The molecule has 0 saturated heterocycles. The second kappa shape index (κ2) is 4.65. The smallest absolute Gasteiger partial charge is 0.293 e. The Balaban J connectivity index is 2.74. The van der Waals surface area contributed by atoms with Crippen LogP contribution in [-0.2, 0) is 16.0 Å². The molecule has 3 nitrogen and oxygen atoms in total. The Morgan fingerprint density at radius 2 is 1.93 bits per heavy atom. The number of benzene rings is 1. The fourth-order valence-electron chi connectivity index (χ4n) is 1.41. The summed E-state index contributed by atoms with van der Waals surface area (Å²) in [6, 6.07) is 3.80. The molecule has 1 aromatic carbocycles. The second-order valence-electron chi connectivity index (χ2n) is 3.30. The molecule has 0 radical (unpaired) electrons. The number of aryl methyl sites for hydroxylation is 2. The molecule has 0 bridgehead atoms. The topological polar surface area (TPSA) is 46.5 Å². The Morgan fingerprint density at radius 1 is 1.36 bits per heavy atom. The highest BCUT2D eigenvalue weighted by atomic mass is 16.5. The predicted molar refractivity (Wildman–Crippen MR) is 53.3 cm³/mol. The largest absolute Gasteiger partial charge is 0.507 e. The van der Waals surface area contributed by atoms with Crippen molar-refractivity contribution in [1.29, 1.82) is 0 Å². The minimum absolute atomic E-state index is 0.338. The van der Waals surface area contributed by atoms with Gasteiger partial charge in [-0.25, -0.2) is 0 Å². The minimum Gasteiger partial charge on any atom is -0.507 e. The van der Waals surface area contributed by atoms with Crippen LogP contribution in [0.1, 0.15) is 16.7 Å². The van der Waals surface area contributed by atoms with Crippen molar-refractivity contribution < 1.29 is 14.6 Å². The maximum Gasteiger partial charge on any atom is 0.293 e. The number of phenolic OH excluding ortho intramolecular Hbond substituents is 1. The molecule has 0 spiro atoms. The van der Waals surface area contributed by atoms with E-state index in [1.165, 1.54) is 0 Å². The van der Waals surface area contributed by atoms with Crippen molar-refractivity contribution in [2.45, 2.75) is 20.3 Å². The molecular formula is C11H14O3. The normalized spacial score (nSPS) is 9.86. The number of phenols is 1. The van der Waals surface area contributed by atoms with Gasteiger partial charge in [0, 0.05) is 6.42 Å². The number of carbonyl (C=O) groups is 1. The van der Waals surface area contributed by atoms with Gasteiger partial charge in [-0.05, 0) is 30.5 Å². The van der Waals surface area contributed by atoms with Gasteiger partial charge in [0.05, 0.1) is 6.61 Å². The third kappa shape index (κ3) is 2.49. The molecule has 0 aromatic heterocycles. The van der Waals surface area contributed by atoms with E-state index in [0.29, 0.717) is 25.2 Å². The highest BCUT2D eigenvalue weighted by Crippen LogP contribution is 2.22. The second-order valence-corrected chi connectivity index (χ2v) is 3.30. The SMILES string of the molecule is Cc1cc(CCOC=O)cc(C)c1O. The standard InChI is InChI=1S/C11H14O3/c1-8-5-10(3-4-14-7-12)6-9(2)11(8)13/h5-7,13H,3-4H2,1-2H3. The van der Waals surface area contributed by atoms with E-state index in [2.05, 4.69) is 4.74 Å². The zero-order chi connectivity index (χ0) is 10.6. The summed E-state index contributed by atoms with van der Waals surface area (Å²) in [7, 11) is 0. The number of hydrogen-bond acceptors (Lipinski definition) is 3. The molecule has 0 saturated carbocycles. The first-order chi connectivity index (χ1) is 6.65. The molecular weight excluding hydrogens is 180 g/mol. The van der Waals surface area contributed by atoms with Crippen LogP contribution in [0.2, 0.25) is 0 Å². The van der Waals surface area contributed by atoms with Crippen molar-refractivity contribution in [1.82, 2.24) is 0 Å². The number of hydrogen-bond donors (Lipinski definition) is 1. The van der Waals surface area contributed by atoms with Gasteiger partial charge in [0.15, 0.2) is 0 Å². The molecule has 1 N–H and O–H groups in total. The molecule has 1 rings (SSSR count). The number of ether oxygens (including phenoxy) is 1. The van der Waals surface area contributed by atoms with Crippen molar-refractivity contribution >= 4 is 6.47 Å². The van der Waals surface area contributed by atoms with Crippen molar-refractivity contribution in [2.24, 2.45) is 0 Å². The molecule has 0 aliphatic rings. The van der Waals surface area contributed by atoms with Gasteiger partial charge >= 0.3 is 0 Å².